The highest BCUT2D eigenvalue weighted by atomic mass is 16.2. The highest BCUT2D eigenvalue weighted by Gasteiger charge is 2.29. The Balaban J connectivity index is 0.000000131. The number of nitrogens with one attached hydrogen (secondary N) is 4. The van der Waals surface area contributed by atoms with Crippen molar-refractivity contribution in [3.05, 3.63) is 20.8 Å². The van der Waals surface area contributed by atoms with Gasteiger partial charge in [0.2, 0.25) is 5.84 Å². The van der Waals surface area contributed by atoms with Crippen molar-refractivity contribution in [2.24, 2.45) is 20.4 Å². The van der Waals surface area contributed by atoms with Gasteiger partial charge < -0.3 is 0 Å². The lowest BCUT2D eigenvalue weighted by Crippen LogP contribution is -2.41. The van der Waals surface area contributed by atoms with Crippen LogP contribution in [-0.2, 0) is 4.79 Å². The number of hydrogen-bond acceptors (Lipinski definition) is 9. The summed E-state index contributed by atoms with van der Waals surface area (Å²) in [6, 6.07) is -0.732. The molecule has 4 rings (SSSR count). The van der Waals surface area contributed by atoms with E-state index in [0.717, 1.165) is 0 Å². The highest BCUT2D eigenvalue weighted by Crippen LogP contribution is 2.03. The zero-order valence-electron chi connectivity index (χ0n) is 10.3. The van der Waals surface area contributed by atoms with Crippen LogP contribution in [0.4, 0.5) is 4.79 Å². The maximum absolute atomic E-state index is 10.9. The molecule has 0 saturated heterocycles. The van der Waals surface area contributed by atoms with E-state index in [1.54, 1.807) is 0 Å². The van der Waals surface area contributed by atoms with Crippen LogP contribution in [0.5, 0.6) is 0 Å². The molecule has 22 heavy (non-hydrogen) atoms. The molecular weight excluding hydrogens is 300 g/mol. The third-order valence-electron chi connectivity index (χ3n) is 2.36. The summed E-state index contributed by atoms with van der Waals surface area (Å²) in [4.78, 5) is 50.5. The number of aromatic amines is 3. The normalized spacial score (nSPS) is 15.6. The Hall–Kier alpha value is -3.84. The van der Waals surface area contributed by atoms with Crippen LogP contribution in [0.25, 0.3) is 11.2 Å². The van der Waals surface area contributed by atoms with Crippen molar-refractivity contribution >= 4 is 34.6 Å². The van der Waals surface area contributed by atoms with E-state index in [1.165, 1.54) is 0 Å². The molecule has 0 fully saturated rings. The van der Waals surface area contributed by atoms with Gasteiger partial charge in [-0.25, -0.2) is 9.59 Å². The number of H-pyrrole nitrogens is 3. The number of aromatic nitrogens is 5. The summed E-state index contributed by atoms with van der Waals surface area (Å²) in [7, 11) is 0. The summed E-state index contributed by atoms with van der Waals surface area (Å²) in [5.74, 6) is -0.622. The molecule has 3 amide bonds. The van der Waals surface area contributed by atoms with E-state index in [1.807, 2.05) is 10.3 Å². The smallest absolute Gasteiger partial charge is 0.288 e. The first kappa shape index (κ1) is 13.2. The fraction of sp³-hybridized carbons (Fsp3) is 0. The van der Waals surface area contributed by atoms with E-state index >= 15 is 0 Å². The Kier molecular flexibility index (Phi) is 2.95. The summed E-state index contributed by atoms with van der Waals surface area (Å²) in [5, 5.41) is 21.1. The number of hydrogen-bond donors (Lipinski definition) is 4. The van der Waals surface area contributed by atoms with Gasteiger partial charge in [0.1, 0.15) is 0 Å². The topological polar surface area (TPSA) is 203 Å². The van der Waals surface area contributed by atoms with Crippen LogP contribution >= 0.6 is 0 Å². The van der Waals surface area contributed by atoms with Crippen molar-refractivity contribution in [2.75, 3.05) is 0 Å². The average Bonchev–Trinajstić information content (AvgIpc) is 3.07. The van der Waals surface area contributed by atoms with Crippen LogP contribution in [0.1, 0.15) is 0 Å². The van der Waals surface area contributed by atoms with E-state index in [4.69, 9.17) is 0 Å². The zero-order valence-corrected chi connectivity index (χ0v) is 10.3. The van der Waals surface area contributed by atoms with Gasteiger partial charge >= 0.3 is 11.7 Å². The predicted molar refractivity (Wildman–Crippen MR) is 68.4 cm³/mol. The van der Waals surface area contributed by atoms with Crippen molar-refractivity contribution in [3.63, 3.8) is 0 Å². The van der Waals surface area contributed by atoms with Gasteiger partial charge in [0.15, 0.2) is 16.9 Å². The molecule has 0 bridgehead atoms. The predicted octanol–water partition coefficient (Wildman–Crippen LogP) is -2.21. The molecule has 0 spiro atoms. The lowest BCUT2D eigenvalue weighted by molar-refractivity contribution is -0.113. The average molecular weight is 304 g/mol. The minimum Gasteiger partial charge on any atom is -0.288 e. The molecule has 14 nitrogen and oxygen atoms in total. The lowest BCUT2D eigenvalue weighted by atomic mass is 10.3. The Morgan fingerprint density at radius 1 is 0.955 bits per heavy atom. The van der Waals surface area contributed by atoms with Gasteiger partial charge in [0.25, 0.3) is 11.5 Å². The van der Waals surface area contributed by atoms with Gasteiger partial charge in [0.05, 0.1) is 0 Å². The SMILES string of the molecule is O=C1N=C2N=NN=C2C(=O)N1.O=c1[nH]c(=O)c2n[nH]nc2[nH]1. The summed E-state index contributed by atoms with van der Waals surface area (Å²) >= 11 is 0. The highest BCUT2D eigenvalue weighted by molar-refractivity contribution is 6.69. The molecule has 0 unspecified atom stereocenters. The summed E-state index contributed by atoms with van der Waals surface area (Å²) in [6.07, 6.45) is 0. The molecule has 0 radical (unpaired) electrons. The largest absolute Gasteiger partial charge is 0.350 e. The second kappa shape index (κ2) is 4.93. The quantitative estimate of drug-likeness (QED) is 0.424. The van der Waals surface area contributed by atoms with E-state index in [-0.39, 0.29) is 22.7 Å². The van der Waals surface area contributed by atoms with Gasteiger partial charge in [-0.15, -0.1) is 20.4 Å². The van der Waals surface area contributed by atoms with E-state index in [0.29, 0.717) is 0 Å². The van der Waals surface area contributed by atoms with Crippen molar-refractivity contribution < 1.29 is 9.59 Å². The molecule has 4 heterocycles. The van der Waals surface area contributed by atoms with Crippen LogP contribution in [0.3, 0.4) is 0 Å². The van der Waals surface area contributed by atoms with E-state index < -0.39 is 23.2 Å². The fourth-order valence-corrected chi connectivity index (χ4v) is 1.48. The molecule has 0 saturated carbocycles. The van der Waals surface area contributed by atoms with Gasteiger partial charge in [-0.2, -0.15) is 10.2 Å². The summed E-state index contributed by atoms with van der Waals surface area (Å²) in [5.41, 5.74) is -0.873. The maximum Gasteiger partial charge on any atom is 0.350 e. The van der Waals surface area contributed by atoms with E-state index in [2.05, 4.69) is 40.8 Å². The minimum atomic E-state index is -0.732. The Morgan fingerprint density at radius 2 is 1.77 bits per heavy atom. The molecule has 0 aliphatic carbocycles. The number of rotatable bonds is 0. The van der Waals surface area contributed by atoms with Crippen molar-refractivity contribution in [1.29, 1.82) is 0 Å². The molecule has 14 heteroatoms. The Labute approximate surface area is 117 Å². The second-order valence-electron chi connectivity index (χ2n) is 3.76. The van der Waals surface area contributed by atoms with Gasteiger partial charge in [0, 0.05) is 0 Å². The van der Waals surface area contributed by atoms with Crippen LogP contribution in [0.2, 0.25) is 0 Å². The van der Waals surface area contributed by atoms with Crippen molar-refractivity contribution in [2.45, 2.75) is 0 Å². The molecule has 2 aromatic rings. The number of carbonyl (C=O) groups is 2. The minimum absolute atomic E-state index is 0.00963. The molecule has 0 atom stereocenters. The number of amides is 3. The standard InChI is InChI=1S/C4H3N5O2.C4HN5O2/c2*10-3-1-2(8-9-7-1)5-4(11)6-3/h(H3,5,6,7,8,9,10,11);(H,6,10,11). The Bertz CT molecular complexity index is 988. The molecule has 2 aliphatic heterocycles. The number of amidine groups is 1. The van der Waals surface area contributed by atoms with Crippen molar-refractivity contribution in [1.82, 2.24) is 30.7 Å². The number of aliphatic imine (C=N–C) groups is 1. The molecule has 2 aromatic heterocycles. The zero-order chi connectivity index (χ0) is 15.7. The molecular formula is C8H4N10O4. The number of carbonyl (C=O) groups excluding carboxylic acids is 2. The summed E-state index contributed by atoms with van der Waals surface area (Å²) < 4.78 is 0. The first-order valence-electron chi connectivity index (χ1n) is 5.51. The van der Waals surface area contributed by atoms with Crippen LogP contribution in [0, 0.1) is 0 Å². The van der Waals surface area contributed by atoms with Crippen LogP contribution in [0.15, 0.2) is 30.0 Å². The lowest BCUT2D eigenvalue weighted by Gasteiger charge is -2.03. The monoisotopic (exact) mass is 304 g/mol. The van der Waals surface area contributed by atoms with Gasteiger partial charge in [-0.3, -0.25) is 24.9 Å². The fourth-order valence-electron chi connectivity index (χ4n) is 1.48. The third-order valence-corrected chi connectivity index (χ3v) is 2.36. The van der Waals surface area contributed by atoms with E-state index in [9.17, 15) is 19.2 Å². The second-order valence-corrected chi connectivity index (χ2v) is 3.76. The van der Waals surface area contributed by atoms with Gasteiger partial charge in [-0.05, 0) is 5.22 Å². The first-order valence-corrected chi connectivity index (χ1v) is 5.51. The first-order chi connectivity index (χ1) is 10.5. The molecule has 110 valence electrons. The number of urea groups is 1. The number of imide groups is 1. The Morgan fingerprint density at radius 3 is 2.59 bits per heavy atom. The number of fused-ring (bicyclic) bond motifs is 2. The molecule has 4 N–H and O–H groups in total. The van der Waals surface area contributed by atoms with Crippen LogP contribution < -0.4 is 16.6 Å². The molecule has 2 aliphatic rings. The maximum atomic E-state index is 10.9. The number of nitrogens with zero attached hydrogens (tertiary/aromatic N) is 6. The van der Waals surface area contributed by atoms with Gasteiger partial charge in [-0.1, -0.05) is 0 Å². The van der Waals surface area contributed by atoms with Crippen molar-refractivity contribution in [3.8, 4) is 0 Å². The summed E-state index contributed by atoms with van der Waals surface area (Å²) in [6.45, 7) is 0. The van der Waals surface area contributed by atoms with Crippen LogP contribution in [-0.4, -0.2) is 48.9 Å². The third kappa shape index (κ3) is 2.30. The molecule has 0 aromatic carbocycles.